The van der Waals surface area contributed by atoms with Crippen LogP contribution in [0.15, 0.2) is 52.1 Å². The smallest absolute Gasteiger partial charge is 0.331 e. The van der Waals surface area contributed by atoms with Gasteiger partial charge in [-0.25, -0.2) is 4.79 Å². The summed E-state index contributed by atoms with van der Waals surface area (Å²) in [5, 5.41) is 3.63. The zero-order valence-corrected chi connectivity index (χ0v) is 18.4. The molecule has 2 amide bonds. The highest BCUT2D eigenvalue weighted by molar-refractivity contribution is 6.42. The fourth-order valence-corrected chi connectivity index (χ4v) is 3.43. The summed E-state index contributed by atoms with van der Waals surface area (Å²) in [4.78, 5) is 51.5. The van der Waals surface area contributed by atoms with Crippen molar-refractivity contribution < 1.29 is 9.59 Å². The maximum atomic E-state index is 12.8. The van der Waals surface area contributed by atoms with Gasteiger partial charge in [0.25, 0.3) is 5.56 Å². The minimum absolute atomic E-state index is 0.179. The zero-order valence-electron chi connectivity index (χ0n) is 16.9. The topological polar surface area (TPSA) is 93.4 Å². The first-order valence-electron chi connectivity index (χ1n) is 9.44. The highest BCUT2D eigenvalue weighted by Crippen LogP contribution is 2.24. The van der Waals surface area contributed by atoms with Crippen LogP contribution in [0.1, 0.15) is 6.92 Å². The molecule has 10 heteroatoms. The van der Waals surface area contributed by atoms with Crippen LogP contribution in [0, 0.1) is 0 Å². The number of hydrogen-bond acceptors (Lipinski definition) is 4. The maximum absolute atomic E-state index is 12.8. The van der Waals surface area contributed by atoms with Crippen molar-refractivity contribution in [2.45, 2.75) is 20.0 Å². The van der Waals surface area contributed by atoms with Crippen LogP contribution in [0.25, 0.3) is 10.9 Å². The number of nitrogens with zero attached hydrogens (tertiary/aromatic N) is 3. The second-order valence-corrected chi connectivity index (χ2v) is 7.68. The Morgan fingerprint density at radius 2 is 1.74 bits per heavy atom. The maximum Gasteiger partial charge on any atom is 0.331 e. The standard InChI is InChI=1S/C21H20Cl2N4O4/c1-3-26-20(30)14-6-4-5-7-17(14)27(21(26)31)12-19(29)25(2)11-18(28)24-13-8-9-15(22)16(23)10-13/h4-10H,3,11-12H2,1-2H3,(H,24,28). The molecule has 0 radical (unpaired) electrons. The van der Waals surface area contributed by atoms with Crippen molar-refractivity contribution >= 4 is 51.6 Å². The highest BCUT2D eigenvalue weighted by Gasteiger charge is 2.18. The molecule has 8 nitrogen and oxygen atoms in total. The molecule has 0 aliphatic carbocycles. The van der Waals surface area contributed by atoms with Crippen LogP contribution >= 0.6 is 23.2 Å². The molecule has 1 N–H and O–H groups in total. The number of aromatic nitrogens is 2. The van der Waals surface area contributed by atoms with Crippen molar-refractivity contribution in [2.24, 2.45) is 0 Å². The van der Waals surface area contributed by atoms with Crippen molar-refractivity contribution in [2.75, 3.05) is 18.9 Å². The molecule has 0 aliphatic heterocycles. The molecule has 0 bridgehead atoms. The molecule has 0 aliphatic rings. The van der Waals surface area contributed by atoms with E-state index < -0.39 is 23.1 Å². The third kappa shape index (κ3) is 4.81. The lowest BCUT2D eigenvalue weighted by molar-refractivity contribution is -0.133. The van der Waals surface area contributed by atoms with Gasteiger partial charge < -0.3 is 10.2 Å². The van der Waals surface area contributed by atoms with E-state index in [1.807, 2.05) is 0 Å². The van der Waals surface area contributed by atoms with Gasteiger partial charge in [0.05, 0.1) is 27.5 Å². The van der Waals surface area contributed by atoms with Gasteiger partial charge in [0, 0.05) is 19.3 Å². The van der Waals surface area contributed by atoms with Crippen LogP contribution in [0.4, 0.5) is 5.69 Å². The summed E-state index contributed by atoms with van der Waals surface area (Å²) in [7, 11) is 1.46. The third-order valence-electron chi connectivity index (χ3n) is 4.75. The quantitative estimate of drug-likeness (QED) is 0.608. The number of benzene rings is 2. The number of carbonyl (C=O) groups excluding carboxylic acids is 2. The van der Waals surface area contributed by atoms with Crippen molar-refractivity contribution in [3.05, 3.63) is 73.3 Å². The second kappa shape index (κ2) is 9.36. The lowest BCUT2D eigenvalue weighted by Gasteiger charge is -2.19. The van der Waals surface area contributed by atoms with E-state index in [4.69, 9.17) is 23.2 Å². The highest BCUT2D eigenvalue weighted by atomic mass is 35.5. The van der Waals surface area contributed by atoms with E-state index >= 15 is 0 Å². The van der Waals surface area contributed by atoms with Crippen molar-refractivity contribution in [3.63, 3.8) is 0 Å². The number of carbonyl (C=O) groups is 2. The van der Waals surface area contributed by atoms with Gasteiger partial charge >= 0.3 is 5.69 Å². The zero-order chi connectivity index (χ0) is 22.7. The van der Waals surface area contributed by atoms with Gasteiger partial charge in [-0.05, 0) is 37.3 Å². The number of para-hydroxylation sites is 1. The summed E-state index contributed by atoms with van der Waals surface area (Å²) in [6, 6.07) is 11.2. The molecule has 2 aromatic carbocycles. The van der Waals surface area contributed by atoms with Crippen LogP contribution in [-0.2, 0) is 22.7 Å². The van der Waals surface area contributed by atoms with E-state index in [1.54, 1.807) is 43.3 Å². The molecule has 31 heavy (non-hydrogen) atoms. The van der Waals surface area contributed by atoms with Crippen molar-refractivity contribution in [3.8, 4) is 0 Å². The van der Waals surface area contributed by atoms with Crippen LogP contribution in [-0.4, -0.2) is 39.4 Å². The predicted octanol–water partition coefficient (Wildman–Crippen LogP) is 2.59. The van der Waals surface area contributed by atoms with Crippen molar-refractivity contribution in [1.29, 1.82) is 0 Å². The Kier molecular flexibility index (Phi) is 6.82. The van der Waals surface area contributed by atoms with Gasteiger partial charge in [-0.3, -0.25) is 23.5 Å². The van der Waals surface area contributed by atoms with E-state index in [9.17, 15) is 19.2 Å². The Labute approximate surface area is 187 Å². The molecule has 0 atom stereocenters. The fraction of sp³-hybridized carbons (Fsp3) is 0.238. The third-order valence-corrected chi connectivity index (χ3v) is 5.49. The molecule has 3 rings (SSSR count). The number of nitrogens with one attached hydrogen (secondary N) is 1. The van der Waals surface area contributed by atoms with E-state index in [1.165, 1.54) is 22.6 Å². The van der Waals surface area contributed by atoms with Gasteiger partial charge in [0.2, 0.25) is 11.8 Å². The molecule has 162 valence electrons. The van der Waals surface area contributed by atoms with E-state index in [-0.39, 0.29) is 19.6 Å². The SMILES string of the molecule is CCn1c(=O)c2ccccc2n(CC(=O)N(C)CC(=O)Nc2ccc(Cl)c(Cl)c2)c1=O. The van der Waals surface area contributed by atoms with E-state index in [0.717, 1.165) is 4.57 Å². The monoisotopic (exact) mass is 462 g/mol. The first-order chi connectivity index (χ1) is 14.7. The number of fused-ring (bicyclic) bond motifs is 1. The lowest BCUT2D eigenvalue weighted by Crippen LogP contribution is -2.43. The number of hydrogen-bond donors (Lipinski definition) is 1. The predicted molar refractivity (Wildman–Crippen MR) is 121 cm³/mol. The molecular weight excluding hydrogens is 443 g/mol. The number of likely N-dealkylation sites (N-methyl/N-ethyl adjacent to an activating group) is 1. The van der Waals surface area contributed by atoms with Gasteiger partial charge in [0.15, 0.2) is 0 Å². The minimum atomic E-state index is -0.576. The minimum Gasteiger partial charge on any atom is -0.335 e. The molecule has 0 spiro atoms. The molecule has 0 unspecified atom stereocenters. The summed E-state index contributed by atoms with van der Waals surface area (Å²) in [6.45, 7) is 1.32. The molecule has 1 aromatic heterocycles. The normalized spacial score (nSPS) is 10.8. The summed E-state index contributed by atoms with van der Waals surface area (Å²) < 4.78 is 2.32. The van der Waals surface area contributed by atoms with Crippen LogP contribution in [0.2, 0.25) is 10.0 Å². The molecule has 0 fully saturated rings. The summed E-state index contributed by atoms with van der Waals surface area (Å²) in [6.07, 6.45) is 0. The first-order valence-corrected chi connectivity index (χ1v) is 10.2. The van der Waals surface area contributed by atoms with Crippen LogP contribution < -0.4 is 16.6 Å². The Balaban J connectivity index is 1.79. The largest absolute Gasteiger partial charge is 0.335 e. The Hall–Kier alpha value is -3.10. The van der Waals surface area contributed by atoms with E-state index in [0.29, 0.717) is 26.6 Å². The second-order valence-electron chi connectivity index (χ2n) is 6.86. The lowest BCUT2D eigenvalue weighted by atomic mass is 10.2. The summed E-state index contributed by atoms with van der Waals surface area (Å²) in [5.41, 5.74) is -0.170. The molecule has 1 heterocycles. The first kappa shape index (κ1) is 22.6. The van der Waals surface area contributed by atoms with Crippen LogP contribution in [0.5, 0.6) is 0 Å². The molecule has 3 aromatic rings. The van der Waals surface area contributed by atoms with Crippen molar-refractivity contribution in [1.82, 2.24) is 14.0 Å². The van der Waals surface area contributed by atoms with Crippen LogP contribution in [0.3, 0.4) is 0 Å². The average Bonchev–Trinajstić information content (AvgIpc) is 2.74. The summed E-state index contributed by atoms with van der Waals surface area (Å²) >= 11 is 11.8. The van der Waals surface area contributed by atoms with Gasteiger partial charge in [0.1, 0.15) is 6.54 Å². The van der Waals surface area contributed by atoms with Gasteiger partial charge in [-0.2, -0.15) is 0 Å². The Morgan fingerprint density at radius 3 is 2.42 bits per heavy atom. The Bertz CT molecular complexity index is 1280. The summed E-state index contributed by atoms with van der Waals surface area (Å²) in [5.74, 6) is -0.900. The molecular formula is C21H20Cl2N4O4. The number of halogens is 2. The number of amides is 2. The fourth-order valence-electron chi connectivity index (χ4n) is 3.14. The Morgan fingerprint density at radius 1 is 1.03 bits per heavy atom. The van der Waals surface area contributed by atoms with Gasteiger partial charge in [-0.1, -0.05) is 35.3 Å². The van der Waals surface area contributed by atoms with Gasteiger partial charge in [-0.15, -0.1) is 0 Å². The molecule has 0 saturated heterocycles. The van der Waals surface area contributed by atoms with E-state index in [2.05, 4.69) is 5.32 Å². The number of anilines is 1. The molecule has 0 saturated carbocycles. The number of rotatable bonds is 6. The average molecular weight is 463 g/mol.